The third-order valence-electron chi connectivity index (χ3n) is 5.26. The Hall–Kier alpha value is -1.27. The Labute approximate surface area is 153 Å². The van der Waals surface area contributed by atoms with Crippen molar-refractivity contribution >= 4 is 37.2 Å². The van der Waals surface area contributed by atoms with Crippen LogP contribution in [0.5, 0.6) is 0 Å². The van der Waals surface area contributed by atoms with Crippen LogP contribution in [0, 0.1) is 11.8 Å². The van der Waals surface area contributed by atoms with E-state index in [4.69, 9.17) is 0 Å². The minimum absolute atomic E-state index is 0.0733. The summed E-state index contributed by atoms with van der Waals surface area (Å²) in [4.78, 5) is 16.9. The van der Waals surface area contributed by atoms with Crippen LogP contribution in [0.3, 0.4) is 0 Å². The number of benzene rings is 1. The highest BCUT2D eigenvalue weighted by molar-refractivity contribution is 7.91. The molecule has 0 N–H and O–H groups in total. The van der Waals surface area contributed by atoms with Crippen LogP contribution in [0.4, 0.5) is 0 Å². The first-order valence-electron chi connectivity index (χ1n) is 8.91. The van der Waals surface area contributed by atoms with Crippen molar-refractivity contribution in [2.24, 2.45) is 11.8 Å². The summed E-state index contributed by atoms with van der Waals surface area (Å²) in [5, 5.41) is -0.313. The van der Waals surface area contributed by atoms with Gasteiger partial charge in [-0.2, -0.15) is 0 Å². The third kappa shape index (κ3) is 4.47. The molecule has 1 aromatic carbocycles. The highest BCUT2D eigenvalue weighted by atomic mass is 32.2. The van der Waals surface area contributed by atoms with E-state index in [0.717, 1.165) is 41.5 Å². The van der Waals surface area contributed by atoms with Crippen molar-refractivity contribution in [3.63, 3.8) is 0 Å². The number of Topliss-reactive ketones (excluding diaryl/α,β-unsaturated/α-hetero) is 1. The molecule has 0 spiro atoms. The van der Waals surface area contributed by atoms with E-state index in [1.807, 2.05) is 23.7 Å². The van der Waals surface area contributed by atoms with Crippen molar-refractivity contribution in [2.75, 3.05) is 5.75 Å². The van der Waals surface area contributed by atoms with Gasteiger partial charge in [-0.3, -0.25) is 4.79 Å². The molecule has 1 saturated carbocycles. The minimum Gasteiger partial charge on any atom is -0.299 e. The zero-order chi connectivity index (χ0) is 18.0. The van der Waals surface area contributed by atoms with Gasteiger partial charge in [0.05, 0.1) is 26.7 Å². The summed E-state index contributed by atoms with van der Waals surface area (Å²) in [6.45, 7) is 3.48. The summed E-state index contributed by atoms with van der Waals surface area (Å²) in [6, 6.07) is 6.05. The fourth-order valence-electron chi connectivity index (χ4n) is 3.53. The summed E-state index contributed by atoms with van der Waals surface area (Å²) in [5.41, 5.74) is 3.80. The zero-order valence-corrected chi connectivity index (χ0v) is 16.4. The number of thiazole rings is 1. The highest BCUT2D eigenvalue weighted by Gasteiger charge is 2.29. The molecule has 136 valence electrons. The molecule has 3 rings (SSSR count). The van der Waals surface area contributed by atoms with Crippen molar-refractivity contribution in [2.45, 2.75) is 51.2 Å². The van der Waals surface area contributed by atoms with Gasteiger partial charge in [0.15, 0.2) is 9.84 Å². The lowest BCUT2D eigenvalue weighted by atomic mass is 9.79. The van der Waals surface area contributed by atoms with Gasteiger partial charge in [-0.25, -0.2) is 13.4 Å². The van der Waals surface area contributed by atoms with Gasteiger partial charge in [0, 0.05) is 12.3 Å². The molecule has 1 aromatic heterocycles. The van der Waals surface area contributed by atoms with Gasteiger partial charge in [0.2, 0.25) is 0 Å². The Balaban J connectivity index is 1.54. The molecule has 25 heavy (non-hydrogen) atoms. The van der Waals surface area contributed by atoms with Crippen molar-refractivity contribution < 1.29 is 13.2 Å². The van der Waals surface area contributed by atoms with Crippen LogP contribution in [-0.2, 0) is 21.1 Å². The number of hydrogen-bond acceptors (Lipinski definition) is 5. The molecule has 0 amide bonds. The average molecular weight is 380 g/mol. The molecule has 2 aromatic rings. The molecule has 1 fully saturated rings. The molecule has 6 heteroatoms. The smallest absolute Gasteiger partial charge is 0.152 e. The molecular formula is C19H25NO3S2. The van der Waals surface area contributed by atoms with E-state index in [1.54, 1.807) is 25.2 Å². The number of carbonyl (C=O) groups excluding carboxylic acids is 1. The Morgan fingerprint density at radius 1 is 1.24 bits per heavy atom. The van der Waals surface area contributed by atoms with Gasteiger partial charge in [-0.15, -0.1) is 11.3 Å². The lowest BCUT2D eigenvalue weighted by Crippen LogP contribution is -2.29. The first kappa shape index (κ1) is 18.5. The molecular weight excluding hydrogens is 354 g/mol. The highest BCUT2D eigenvalue weighted by Crippen LogP contribution is 2.32. The van der Waals surface area contributed by atoms with E-state index in [1.165, 1.54) is 0 Å². The molecule has 0 saturated heterocycles. The normalized spacial score (nSPS) is 21.7. The van der Waals surface area contributed by atoms with Gasteiger partial charge < -0.3 is 0 Å². The Morgan fingerprint density at radius 3 is 2.64 bits per heavy atom. The number of rotatable bonds is 6. The maximum Gasteiger partial charge on any atom is 0.152 e. The van der Waals surface area contributed by atoms with Crippen LogP contribution in [0.25, 0.3) is 10.2 Å². The average Bonchev–Trinajstić information content (AvgIpc) is 3.02. The van der Waals surface area contributed by atoms with Crippen molar-refractivity contribution in [1.82, 2.24) is 4.98 Å². The van der Waals surface area contributed by atoms with Gasteiger partial charge in [-0.1, -0.05) is 6.07 Å². The first-order valence-corrected chi connectivity index (χ1v) is 11.5. The van der Waals surface area contributed by atoms with Crippen molar-refractivity contribution in [1.29, 1.82) is 0 Å². The van der Waals surface area contributed by atoms with E-state index < -0.39 is 9.84 Å². The Kier molecular flexibility index (Phi) is 5.58. The number of hydrogen-bond donors (Lipinski definition) is 0. The predicted octanol–water partition coefficient (Wildman–Crippen LogP) is 4.04. The summed E-state index contributed by atoms with van der Waals surface area (Å²) in [6.07, 6.45) is 3.76. The number of fused-ring (bicyclic) bond motifs is 1. The van der Waals surface area contributed by atoms with Gasteiger partial charge >= 0.3 is 0 Å². The standard InChI is InChI=1S/C19H25NO3S2/c1-13(2)25(22,23)11-14-3-6-16(7-4-14)18(21)10-15-5-8-19-17(9-15)20-12-24-19/h5,8-9,12-14,16H,3-4,6-7,10-11H2,1-2H3. The predicted molar refractivity (Wildman–Crippen MR) is 103 cm³/mol. The zero-order valence-electron chi connectivity index (χ0n) is 14.8. The van der Waals surface area contributed by atoms with Crippen LogP contribution in [0.2, 0.25) is 0 Å². The van der Waals surface area contributed by atoms with E-state index >= 15 is 0 Å². The lowest BCUT2D eigenvalue weighted by molar-refractivity contribution is -0.123. The van der Waals surface area contributed by atoms with Crippen LogP contribution in [0.1, 0.15) is 45.1 Å². The molecule has 0 unspecified atom stereocenters. The lowest BCUT2D eigenvalue weighted by Gasteiger charge is -2.28. The molecule has 0 aliphatic heterocycles. The van der Waals surface area contributed by atoms with Crippen LogP contribution in [-0.4, -0.2) is 30.2 Å². The number of nitrogens with zero attached hydrogens (tertiary/aromatic N) is 1. The van der Waals surface area contributed by atoms with Gasteiger partial charge in [0.1, 0.15) is 5.78 Å². The fraction of sp³-hybridized carbons (Fsp3) is 0.579. The molecule has 0 bridgehead atoms. The van der Waals surface area contributed by atoms with Gasteiger partial charge in [-0.05, 0) is 63.1 Å². The molecule has 1 aliphatic rings. The first-order chi connectivity index (χ1) is 11.8. The second-order valence-corrected chi connectivity index (χ2v) is 10.9. The number of ketones is 1. The SMILES string of the molecule is CC(C)S(=O)(=O)CC1CCC(C(=O)Cc2ccc3scnc3c2)CC1. The van der Waals surface area contributed by atoms with Crippen LogP contribution < -0.4 is 0 Å². The summed E-state index contributed by atoms with van der Waals surface area (Å²) in [5.74, 6) is 0.832. The molecule has 4 nitrogen and oxygen atoms in total. The molecule has 1 aliphatic carbocycles. The fourth-order valence-corrected chi connectivity index (χ4v) is 5.57. The summed E-state index contributed by atoms with van der Waals surface area (Å²) in [7, 11) is -2.99. The minimum atomic E-state index is -2.99. The maximum absolute atomic E-state index is 12.6. The second kappa shape index (κ2) is 7.54. The van der Waals surface area contributed by atoms with Crippen molar-refractivity contribution in [3.8, 4) is 0 Å². The Bertz CT molecular complexity index is 846. The second-order valence-electron chi connectivity index (χ2n) is 7.39. The monoisotopic (exact) mass is 379 g/mol. The summed E-state index contributed by atoms with van der Waals surface area (Å²) < 4.78 is 25.3. The summed E-state index contributed by atoms with van der Waals surface area (Å²) >= 11 is 1.60. The largest absolute Gasteiger partial charge is 0.299 e. The quantitative estimate of drug-likeness (QED) is 0.760. The molecule has 0 radical (unpaired) electrons. The third-order valence-corrected chi connectivity index (χ3v) is 8.44. The molecule has 0 atom stereocenters. The van der Waals surface area contributed by atoms with Crippen LogP contribution in [0.15, 0.2) is 23.7 Å². The van der Waals surface area contributed by atoms with E-state index in [0.29, 0.717) is 6.42 Å². The van der Waals surface area contributed by atoms with E-state index in [2.05, 4.69) is 4.98 Å². The topological polar surface area (TPSA) is 64.1 Å². The van der Waals surface area contributed by atoms with Gasteiger partial charge in [0.25, 0.3) is 0 Å². The number of carbonyl (C=O) groups is 1. The van der Waals surface area contributed by atoms with Crippen LogP contribution >= 0.6 is 11.3 Å². The number of aromatic nitrogens is 1. The Morgan fingerprint density at radius 2 is 1.96 bits per heavy atom. The molecule has 1 heterocycles. The number of sulfone groups is 1. The van der Waals surface area contributed by atoms with E-state index in [-0.39, 0.29) is 28.6 Å². The van der Waals surface area contributed by atoms with Crippen molar-refractivity contribution in [3.05, 3.63) is 29.3 Å². The maximum atomic E-state index is 12.6. The van der Waals surface area contributed by atoms with E-state index in [9.17, 15) is 13.2 Å².